The van der Waals surface area contributed by atoms with E-state index in [2.05, 4.69) is 23.3 Å². The van der Waals surface area contributed by atoms with E-state index in [1.165, 1.54) is 0 Å². The molecule has 0 saturated heterocycles. The molecule has 0 unspecified atom stereocenters. The Labute approximate surface area is 285 Å². The third-order valence-corrected chi connectivity index (χ3v) is 11.5. The van der Waals surface area contributed by atoms with Crippen LogP contribution in [-0.4, -0.2) is 50.2 Å². The first-order chi connectivity index (χ1) is 18.6. The van der Waals surface area contributed by atoms with Crippen LogP contribution in [0.3, 0.4) is 0 Å². The Morgan fingerprint density at radius 2 is 1.69 bits per heavy atom. The minimum Gasteiger partial charge on any atom is -0.748 e. The topological polar surface area (TPSA) is 153 Å². The second-order valence-corrected chi connectivity index (χ2v) is 14.8. The first-order valence-corrected chi connectivity index (χ1v) is 16.4. The standard InChI is InChI=1S/C26H45NO8S2.2Na/c1-17(4-9-24(28)27-14-15-36(29,30)31)21-7-8-22-20-6-5-18-16-19(35-37(32,33)34)10-12-25(18,2)23(20)11-13-26(21,22)3;;/h17-23H,4-16H2,1-3H3,(H,27,28)(H,29,30,31)(H,32,33,34);;/q;2*+1/p-2/t17-,18-,19-,20+,21-,22+,23+,25+,26-;;/m1../s1/i10D2,16D2;;. The summed E-state index contributed by atoms with van der Waals surface area (Å²) in [7, 11) is -9.67. The van der Waals surface area contributed by atoms with Crippen LogP contribution in [0.15, 0.2) is 0 Å². The van der Waals surface area contributed by atoms with Gasteiger partial charge in [0.05, 0.1) is 22.0 Å². The van der Waals surface area contributed by atoms with Gasteiger partial charge in [-0.2, -0.15) is 0 Å². The minimum absolute atomic E-state index is 0. The van der Waals surface area contributed by atoms with Gasteiger partial charge in [0.25, 0.3) is 0 Å². The molecule has 4 fully saturated rings. The van der Waals surface area contributed by atoms with E-state index in [9.17, 15) is 30.7 Å². The molecule has 9 nitrogen and oxygen atoms in total. The fraction of sp³-hybridized carbons (Fsp3) is 0.962. The van der Waals surface area contributed by atoms with E-state index in [4.69, 9.17) is 5.48 Å². The summed E-state index contributed by atoms with van der Waals surface area (Å²) in [6, 6.07) is 0. The van der Waals surface area contributed by atoms with Crippen LogP contribution in [0.5, 0.6) is 0 Å². The van der Waals surface area contributed by atoms with Gasteiger partial charge in [-0.05, 0) is 110 Å². The van der Waals surface area contributed by atoms with Crippen LogP contribution in [-0.2, 0) is 29.5 Å². The van der Waals surface area contributed by atoms with Gasteiger partial charge >= 0.3 is 59.1 Å². The molecule has 0 radical (unpaired) electrons. The van der Waals surface area contributed by atoms with Crippen molar-refractivity contribution < 1.29 is 99.5 Å². The van der Waals surface area contributed by atoms with Gasteiger partial charge in [-0.1, -0.05) is 20.8 Å². The van der Waals surface area contributed by atoms with E-state index in [0.29, 0.717) is 24.7 Å². The first-order valence-electron chi connectivity index (χ1n) is 15.5. The molecular weight excluding hydrogens is 564 g/mol. The summed E-state index contributed by atoms with van der Waals surface area (Å²) < 4.78 is 106. The van der Waals surface area contributed by atoms with Crippen LogP contribution in [0.4, 0.5) is 0 Å². The van der Waals surface area contributed by atoms with Gasteiger partial charge in [0.1, 0.15) is 0 Å². The van der Waals surface area contributed by atoms with Crippen LogP contribution >= 0.6 is 0 Å². The Morgan fingerprint density at radius 3 is 2.33 bits per heavy atom. The predicted octanol–water partition coefficient (Wildman–Crippen LogP) is -2.42. The van der Waals surface area contributed by atoms with Gasteiger partial charge in [0.15, 0.2) is 0 Å². The molecule has 214 valence electrons. The summed E-state index contributed by atoms with van der Waals surface area (Å²) in [4.78, 5) is 12.2. The van der Waals surface area contributed by atoms with Crippen LogP contribution in [0, 0.1) is 46.3 Å². The summed E-state index contributed by atoms with van der Waals surface area (Å²) >= 11 is 0. The Balaban J connectivity index is 0.00000323. The van der Waals surface area contributed by atoms with Crippen LogP contribution in [0.25, 0.3) is 0 Å². The van der Waals surface area contributed by atoms with Crippen molar-refractivity contribution in [3.63, 3.8) is 0 Å². The Hall–Kier alpha value is 1.25. The largest absolute Gasteiger partial charge is 1.00 e. The van der Waals surface area contributed by atoms with Gasteiger partial charge in [-0.3, -0.25) is 8.98 Å². The smallest absolute Gasteiger partial charge is 0.748 e. The number of nitrogens with one attached hydrogen (secondary N) is 1. The van der Waals surface area contributed by atoms with E-state index >= 15 is 0 Å². The molecule has 0 aromatic rings. The summed E-state index contributed by atoms with van der Waals surface area (Å²) in [6.07, 6.45) is -0.928. The Bertz CT molecular complexity index is 1240. The molecule has 0 aromatic heterocycles. The first kappa shape index (κ1) is 30.3. The summed E-state index contributed by atoms with van der Waals surface area (Å²) in [5.41, 5.74) is -0.699. The number of hydrogen-bond acceptors (Lipinski definition) is 8. The molecule has 0 aromatic carbocycles. The minimum atomic E-state index is -5.29. The van der Waals surface area contributed by atoms with Crippen molar-refractivity contribution >= 4 is 26.4 Å². The fourth-order valence-corrected chi connectivity index (χ4v) is 9.37. The van der Waals surface area contributed by atoms with Crippen molar-refractivity contribution in [2.24, 2.45) is 46.3 Å². The number of rotatable bonds is 9. The summed E-state index contributed by atoms with van der Waals surface area (Å²) in [6.45, 7) is 6.21. The van der Waals surface area contributed by atoms with Crippen LogP contribution < -0.4 is 64.4 Å². The van der Waals surface area contributed by atoms with Crippen LogP contribution in [0.2, 0.25) is 0 Å². The quantitative estimate of drug-likeness (QED) is 0.172. The average molecular weight is 612 g/mol. The molecule has 9 atom stereocenters. The molecule has 4 rings (SSSR count). The number of fused-ring (bicyclic) bond motifs is 5. The van der Waals surface area contributed by atoms with Crippen molar-refractivity contribution in [1.82, 2.24) is 5.32 Å². The van der Waals surface area contributed by atoms with Gasteiger partial charge < -0.3 is 14.4 Å². The predicted molar refractivity (Wildman–Crippen MR) is 136 cm³/mol. The molecule has 4 saturated carbocycles. The van der Waals surface area contributed by atoms with E-state index < -0.39 is 56.5 Å². The van der Waals surface area contributed by atoms with Crippen molar-refractivity contribution in [1.29, 1.82) is 0 Å². The molecule has 4 aliphatic carbocycles. The van der Waals surface area contributed by atoms with Crippen molar-refractivity contribution in [3.8, 4) is 0 Å². The SMILES string of the molecule is [2H]C1([2H])C[C@@]2(C)[C@H](CC[C@@H]3[C@@H]2CC[C@]2(C)[C@@H]([C@H](C)CCC(=O)NCCS(=O)(=O)[O-])CC[C@@H]32)C([2H])([2H])[C@@H]1OS(=O)(=O)[O-].[Na+].[Na+]. The monoisotopic (exact) mass is 611 g/mol. The maximum absolute atomic E-state index is 12.2. The molecule has 0 aliphatic heterocycles. The molecular formula is C26H43NNa2O8S2. The van der Waals surface area contributed by atoms with Crippen molar-refractivity contribution in [3.05, 3.63) is 0 Å². The van der Waals surface area contributed by atoms with Crippen LogP contribution in [0.1, 0.15) is 96.8 Å². The normalized spacial score (nSPS) is 42.8. The third-order valence-electron chi connectivity index (χ3n) is 10.4. The molecule has 0 bridgehead atoms. The van der Waals surface area contributed by atoms with E-state index in [-0.39, 0.29) is 108 Å². The van der Waals surface area contributed by atoms with E-state index in [0.717, 1.165) is 32.1 Å². The van der Waals surface area contributed by atoms with Crippen molar-refractivity contribution in [2.75, 3.05) is 12.3 Å². The van der Waals surface area contributed by atoms with Gasteiger partial charge in [-0.25, -0.2) is 16.8 Å². The second kappa shape index (κ2) is 13.9. The zero-order valence-corrected chi connectivity index (χ0v) is 29.5. The zero-order valence-electron chi connectivity index (χ0n) is 27.9. The maximum Gasteiger partial charge on any atom is 1.00 e. The number of amides is 1. The molecule has 0 heterocycles. The second-order valence-electron chi connectivity index (χ2n) is 12.3. The third kappa shape index (κ3) is 8.46. The average Bonchev–Trinajstić information content (AvgIpc) is 3.16. The van der Waals surface area contributed by atoms with E-state index in [1.54, 1.807) is 0 Å². The van der Waals surface area contributed by atoms with Crippen molar-refractivity contribution in [2.45, 2.75) is 97.4 Å². The summed E-state index contributed by atoms with van der Waals surface area (Å²) in [5, 5.41) is 2.51. The van der Waals surface area contributed by atoms with E-state index in [1.807, 2.05) is 6.92 Å². The molecule has 39 heavy (non-hydrogen) atoms. The van der Waals surface area contributed by atoms with Gasteiger partial charge in [0.2, 0.25) is 16.3 Å². The molecule has 13 heteroatoms. The summed E-state index contributed by atoms with van der Waals surface area (Å²) in [5.74, 6) is -0.220. The molecule has 1 N–H and O–H groups in total. The molecule has 4 aliphatic rings. The maximum atomic E-state index is 12.2. The van der Waals surface area contributed by atoms with Gasteiger partial charge in [0, 0.05) is 18.4 Å². The number of carbonyl (C=O) groups excluding carboxylic acids is 1. The molecule has 1 amide bonds. The number of carbonyl (C=O) groups is 1. The molecule has 0 spiro atoms. The zero-order chi connectivity index (χ0) is 30.8. The Morgan fingerprint density at radius 1 is 1.03 bits per heavy atom. The Kier molecular flexibility index (Phi) is 10.8. The number of hydrogen-bond donors (Lipinski definition) is 1. The fourth-order valence-electron chi connectivity index (χ4n) is 8.66. The van der Waals surface area contributed by atoms with Gasteiger partial charge in [-0.15, -0.1) is 0 Å².